The minimum absolute atomic E-state index is 0.0647. The second kappa shape index (κ2) is 7.11. The maximum Gasteiger partial charge on any atom is 0.312 e. The summed E-state index contributed by atoms with van der Waals surface area (Å²) in [6.45, 7) is 1.90. The zero-order chi connectivity index (χ0) is 16.1. The number of carbonyl (C=O) groups excluding carboxylic acids is 2. The lowest BCUT2D eigenvalue weighted by Crippen LogP contribution is -2.37. The molecule has 1 atom stereocenters. The fourth-order valence-electron chi connectivity index (χ4n) is 2.93. The summed E-state index contributed by atoms with van der Waals surface area (Å²) >= 11 is 0. The van der Waals surface area contributed by atoms with Crippen LogP contribution in [-0.2, 0) is 6.42 Å². The predicted molar refractivity (Wildman–Crippen MR) is 87.3 cm³/mol. The third-order valence-electron chi connectivity index (χ3n) is 3.92. The van der Waals surface area contributed by atoms with Crippen molar-refractivity contribution in [3.63, 3.8) is 0 Å². The second-order valence-electron chi connectivity index (χ2n) is 5.83. The first kappa shape index (κ1) is 16.1. The number of carbonyl (C=O) groups is 2. The normalized spacial score (nSPS) is 15.8. The number of hydrogen-bond donors (Lipinski definition) is 3. The zero-order valence-electron chi connectivity index (χ0n) is 12.9. The number of hydrogen-bond acceptors (Lipinski definition) is 2. The molecule has 3 amide bonds. The van der Waals surface area contributed by atoms with Crippen LogP contribution in [0.3, 0.4) is 0 Å². The van der Waals surface area contributed by atoms with Crippen LogP contribution in [-0.4, -0.2) is 18.0 Å². The molecular weight excluding hydrogens is 278 g/mol. The molecule has 0 aromatic heterocycles. The number of benzene rings is 1. The van der Waals surface area contributed by atoms with Gasteiger partial charge in [0.1, 0.15) is 0 Å². The first-order valence-electron chi connectivity index (χ1n) is 7.65. The Hall–Kier alpha value is -2.30. The van der Waals surface area contributed by atoms with Gasteiger partial charge in [0.2, 0.25) is 5.91 Å². The minimum atomic E-state index is -0.531. The molecule has 1 unspecified atom stereocenters. The van der Waals surface area contributed by atoms with Gasteiger partial charge in [0.15, 0.2) is 0 Å². The van der Waals surface area contributed by atoms with Crippen molar-refractivity contribution in [3.05, 3.63) is 41.0 Å². The van der Waals surface area contributed by atoms with Gasteiger partial charge in [-0.05, 0) is 61.8 Å². The van der Waals surface area contributed by atoms with E-state index in [9.17, 15) is 9.59 Å². The summed E-state index contributed by atoms with van der Waals surface area (Å²) < 4.78 is 0. The Labute approximate surface area is 130 Å². The van der Waals surface area contributed by atoms with Crippen molar-refractivity contribution >= 4 is 17.5 Å². The Morgan fingerprint density at radius 1 is 1.27 bits per heavy atom. The van der Waals surface area contributed by atoms with Crippen LogP contribution < -0.4 is 16.8 Å². The molecule has 5 nitrogen and oxygen atoms in total. The first-order valence-corrected chi connectivity index (χ1v) is 7.65. The molecule has 2 rings (SSSR count). The van der Waals surface area contributed by atoms with Crippen LogP contribution in [0.1, 0.15) is 54.1 Å². The number of amides is 3. The van der Waals surface area contributed by atoms with E-state index < -0.39 is 11.9 Å². The molecule has 1 aliphatic rings. The van der Waals surface area contributed by atoms with E-state index in [0.29, 0.717) is 12.0 Å². The summed E-state index contributed by atoms with van der Waals surface area (Å²) in [6, 6.07) is 5.07. The van der Waals surface area contributed by atoms with Gasteiger partial charge < -0.3 is 16.8 Å². The highest BCUT2D eigenvalue weighted by molar-refractivity contribution is 5.98. The van der Waals surface area contributed by atoms with E-state index in [4.69, 9.17) is 11.5 Å². The monoisotopic (exact) mass is 301 g/mol. The van der Waals surface area contributed by atoms with E-state index in [-0.39, 0.29) is 6.04 Å². The SMILES string of the molecule is CC(Cc1ccc(C(N)=O)c(C2=CCCCC2)c1)NC(N)=O. The Bertz CT molecular complexity index is 608. The molecule has 1 aliphatic carbocycles. The molecular formula is C17H23N3O2. The van der Waals surface area contributed by atoms with Crippen molar-refractivity contribution in [2.24, 2.45) is 11.5 Å². The molecule has 5 heteroatoms. The first-order chi connectivity index (χ1) is 10.5. The van der Waals surface area contributed by atoms with Gasteiger partial charge in [-0.1, -0.05) is 18.2 Å². The molecule has 0 heterocycles. The topological polar surface area (TPSA) is 98.2 Å². The number of allylic oxidation sites excluding steroid dienone is 2. The molecule has 22 heavy (non-hydrogen) atoms. The summed E-state index contributed by atoms with van der Waals surface area (Å²) in [5.41, 5.74) is 14.4. The van der Waals surface area contributed by atoms with Gasteiger partial charge in [-0.15, -0.1) is 0 Å². The molecule has 1 aromatic rings. The van der Waals surface area contributed by atoms with Gasteiger partial charge in [0, 0.05) is 11.6 Å². The Kier molecular flexibility index (Phi) is 5.20. The molecule has 0 fully saturated rings. The molecule has 118 valence electrons. The van der Waals surface area contributed by atoms with E-state index >= 15 is 0 Å². The number of primary amides is 2. The summed E-state index contributed by atoms with van der Waals surface area (Å²) in [7, 11) is 0. The van der Waals surface area contributed by atoms with Gasteiger partial charge in [-0.2, -0.15) is 0 Å². The van der Waals surface area contributed by atoms with Crippen LogP contribution in [0.15, 0.2) is 24.3 Å². The van der Waals surface area contributed by atoms with Crippen LogP contribution in [0.4, 0.5) is 4.79 Å². The Balaban J connectivity index is 2.28. The molecule has 1 aromatic carbocycles. The van der Waals surface area contributed by atoms with E-state index in [1.54, 1.807) is 6.07 Å². The Morgan fingerprint density at radius 3 is 2.64 bits per heavy atom. The highest BCUT2D eigenvalue weighted by atomic mass is 16.2. The van der Waals surface area contributed by atoms with Crippen molar-refractivity contribution < 1.29 is 9.59 Å². The fraction of sp³-hybridized carbons (Fsp3) is 0.412. The maximum atomic E-state index is 11.7. The summed E-state index contributed by atoms with van der Waals surface area (Å²) in [6.07, 6.45) is 7.18. The van der Waals surface area contributed by atoms with Gasteiger partial charge in [-0.3, -0.25) is 4.79 Å². The average molecular weight is 301 g/mol. The lowest BCUT2D eigenvalue weighted by Gasteiger charge is -2.18. The molecule has 0 spiro atoms. The number of urea groups is 1. The van der Waals surface area contributed by atoms with E-state index in [1.165, 1.54) is 12.0 Å². The third-order valence-corrected chi connectivity index (χ3v) is 3.92. The number of nitrogens with one attached hydrogen (secondary N) is 1. The third kappa shape index (κ3) is 4.10. The lowest BCUT2D eigenvalue weighted by atomic mass is 9.88. The van der Waals surface area contributed by atoms with Crippen LogP contribution in [0.5, 0.6) is 0 Å². The van der Waals surface area contributed by atoms with Gasteiger partial charge in [-0.25, -0.2) is 4.79 Å². The standard InChI is InChI=1S/C17H23N3O2/c1-11(20-17(19)22)9-12-7-8-14(16(18)21)15(10-12)13-5-3-2-4-6-13/h5,7-8,10-11H,2-4,6,9H2,1H3,(H2,18,21)(H3,19,20,22). The predicted octanol–water partition coefficient (Wildman–Crippen LogP) is 2.34. The molecule has 0 saturated carbocycles. The summed E-state index contributed by atoms with van der Waals surface area (Å²) in [4.78, 5) is 22.6. The van der Waals surface area contributed by atoms with Gasteiger partial charge >= 0.3 is 6.03 Å². The van der Waals surface area contributed by atoms with Crippen molar-refractivity contribution in [1.82, 2.24) is 5.32 Å². The average Bonchev–Trinajstić information content (AvgIpc) is 2.47. The summed E-state index contributed by atoms with van der Waals surface area (Å²) in [5.74, 6) is -0.406. The highest BCUT2D eigenvalue weighted by Gasteiger charge is 2.15. The van der Waals surface area contributed by atoms with Crippen LogP contribution >= 0.6 is 0 Å². The minimum Gasteiger partial charge on any atom is -0.366 e. The van der Waals surface area contributed by atoms with Gasteiger partial charge in [0.25, 0.3) is 0 Å². The Morgan fingerprint density at radius 2 is 2.05 bits per heavy atom. The number of nitrogens with two attached hydrogens (primary N) is 2. The van der Waals surface area contributed by atoms with Crippen LogP contribution in [0.2, 0.25) is 0 Å². The highest BCUT2D eigenvalue weighted by Crippen LogP contribution is 2.30. The smallest absolute Gasteiger partial charge is 0.312 e. The quantitative estimate of drug-likeness (QED) is 0.778. The molecule has 0 radical (unpaired) electrons. The van der Waals surface area contributed by atoms with Gasteiger partial charge in [0.05, 0.1) is 0 Å². The maximum absolute atomic E-state index is 11.7. The van der Waals surface area contributed by atoms with Crippen molar-refractivity contribution in [2.75, 3.05) is 0 Å². The van der Waals surface area contributed by atoms with E-state index in [0.717, 1.165) is 30.4 Å². The lowest BCUT2D eigenvalue weighted by molar-refractivity contribution is 0.1000. The van der Waals surface area contributed by atoms with E-state index in [1.807, 2.05) is 19.1 Å². The van der Waals surface area contributed by atoms with E-state index in [2.05, 4.69) is 11.4 Å². The summed E-state index contributed by atoms with van der Waals surface area (Å²) in [5, 5.41) is 2.66. The largest absolute Gasteiger partial charge is 0.366 e. The van der Waals surface area contributed by atoms with Crippen molar-refractivity contribution in [3.8, 4) is 0 Å². The second-order valence-corrected chi connectivity index (χ2v) is 5.83. The molecule has 0 saturated heterocycles. The van der Waals surface area contributed by atoms with Crippen LogP contribution in [0, 0.1) is 0 Å². The zero-order valence-corrected chi connectivity index (χ0v) is 12.9. The van der Waals surface area contributed by atoms with Crippen molar-refractivity contribution in [2.45, 2.75) is 45.1 Å². The van der Waals surface area contributed by atoms with Crippen LogP contribution in [0.25, 0.3) is 5.57 Å². The molecule has 0 bridgehead atoms. The number of rotatable bonds is 5. The fourth-order valence-corrected chi connectivity index (χ4v) is 2.93. The molecule has 5 N–H and O–H groups in total. The van der Waals surface area contributed by atoms with Crippen molar-refractivity contribution in [1.29, 1.82) is 0 Å². The molecule has 0 aliphatic heterocycles.